The summed E-state index contributed by atoms with van der Waals surface area (Å²) in [6, 6.07) is 0.169. The van der Waals surface area contributed by atoms with Gasteiger partial charge >= 0.3 is 0 Å². The van der Waals surface area contributed by atoms with E-state index in [4.69, 9.17) is 5.73 Å². The van der Waals surface area contributed by atoms with E-state index >= 15 is 0 Å². The van der Waals surface area contributed by atoms with E-state index in [2.05, 4.69) is 17.1 Å². The summed E-state index contributed by atoms with van der Waals surface area (Å²) in [5.41, 5.74) is 6.99. The number of amides is 1. The Hall–Kier alpha value is -1.52. The van der Waals surface area contributed by atoms with Crippen LogP contribution in [-0.4, -0.2) is 33.6 Å². The SMILES string of the molecule is CCCCCN(C(=O)c1c(N)n[nH]c1C)C(C)C. The number of rotatable bonds is 6. The van der Waals surface area contributed by atoms with Crippen molar-refractivity contribution in [1.29, 1.82) is 0 Å². The maximum atomic E-state index is 12.5. The molecule has 0 saturated carbocycles. The van der Waals surface area contributed by atoms with Gasteiger partial charge in [-0.3, -0.25) is 9.89 Å². The van der Waals surface area contributed by atoms with E-state index in [0.29, 0.717) is 11.4 Å². The molecule has 0 aliphatic rings. The lowest BCUT2D eigenvalue weighted by molar-refractivity contribution is 0.0702. The van der Waals surface area contributed by atoms with Gasteiger partial charge in [0.15, 0.2) is 5.82 Å². The van der Waals surface area contributed by atoms with E-state index in [1.54, 1.807) is 0 Å². The summed E-state index contributed by atoms with van der Waals surface area (Å²) in [4.78, 5) is 14.3. The average molecular weight is 252 g/mol. The zero-order valence-corrected chi connectivity index (χ0v) is 11.8. The fourth-order valence-corrected chi connectivity index (χ4v) is 1.99. The van der Waals surface area contributed by atoms with Crippen molar-refractivity contribution in [1.82, 2.24) is 15.1 Å². The lowest BCUT2D eigenvalue weighted by Gasteiger charge is -2.26. The summed E-state index contributed by atoms with van der Waals surface area (Å²) >= 11 is 0. The number of aromatic nitrogens is 2. The normalized spacial score (nSPS) is 10.9. The van der Waals surface area contributed by atoms with Gasteiger partial charge in [0.25, 0.3) is 5.91 Å². The third-order valence-corrected chi connectivity index (χ3v) is 3.08. The van der Waals surface area contributed by atoms with Crippen LogP contribution in [0.2, 0.25) is 0 Å². The number of aromatic amines is 1. The Kier molecular flexibility index (Phi) is 5.19. The topological polar surface area (TPSA) is 75.0 Å². The number of hydrogen-bond acceptors (Lipinski definition) is 3. The molecular weight excluding hydrogens is 228 g/mol. The van der Waals surface area contributed by atoms with Crippen LogP contribution >= 0.6 is 0 Å². The fourth-order valence-electron chi connectivity index (χ4n) is 1.99. The molecule has 0 aliphatic carbocycles. The first-order valence-corrected chi connectivity index (χ1v) is 6.60. The highest BCUT2D eigenvalue weighted by molar-refractivity contribution is 5.99. The van der Waals surface area contributed by atoms with Crippen molar-refractivity contribution in [2.24, 2.45) is 0 Å². The Morgan fingerprint density at radius 2 is 2.11 bits per heavy atom. The first-order chi connectivity index (χ1) is 8.49. The molecule has 1 heterocycles. The third kappa shape index (κ3) is 3.24. The van der Waals surface area contributed by atoms with Gasteiger partial charge in [0.05, 0.1) is 0 Å². The van der Waals surface area contributed by atoms with Gasteiger partial charge in [-0.05, 0) is 27.2 Å². The molecule has 0 aliphatic heterocycles. The number of hydrogen-bond donors (Lipinski definition) is 2. The molecule has 5 nitrogen and oxygen atoms in total. The maximum Gasteiger partial charge on any atom is 0.259 e. The largest absolute Gasteiger partial charge is 0.382 e. The molecule has 0 bridgehead atoms. The number of nitrogen functional groups attached to an aromatic ring is 1. The number of unbranched alkanes of at least 4 members (excludes halogenated alkanes) is 2. The summed E-state index contributed by atoms with van der Waals surface area (Å²) in [5, 5.41) is 6.64. The Morgan fingerprint density at radius 3 is 2.56 bits per heavy atom. The van der Waals surface area contributed by atoms with Crippen LogP contribution in [-0.2, 0) is 0 Å². The zero-order chi connectivity index (χ0) is 13.7. The van der Waals surface area contributed by atoms with Crippen molar-refractivity contribution in [3.8, 4) is 0 Å². The number of carbonyl (C=O) groups is 1. The van der Waals surface area contributed by atoms with Crippen LogP contribution in [0.5, 0.6) is 0 Å². The molecule has 3 N–H and O–H groups in total. The Morgan fingerprint density at radius 1 is 1.44 bits per heavy atom. The van der Waals surface area contributed by atoms with Gasteiger partial charge in [-0.1, -0.05) is 19.8 Å². The number of anilines is 1. The Labute approximate surface area is 109 Å². The molecule has 0 saturated heterocycles. The van der Waals surface area contributed by atoms with Crippen molar-refractivity contribution >= 4 is 11.7 Å². The van der Waals surface area contributed by atoms with Gasteiger partial charge in [-0.2, -0.15) is 5.10 Å². The third-order valence-electron chi connectivity index (χ3n) is 3.08. The standard InChI is InChI=1S/C13H24N4O/c1-5-6-7-8-17(9(2)3)13(18)11-10(4)15-16-12(11)14/h9H,5-8H2,1-4H3,(H3,14,15,16). The summed E-state index contributed by atoms with van der Waals surface area (Å²) < 4.78 is 0. The molecule has 1 aromatic heterocycles. The monoisotopic (exact) mass is 252 g/mol. The number of nitrogens with two attached hydrogens (primary N) is 1. The van der Waals surface area contributed by atoms with E-state index in [9.17, 15) is 4.79 Å². The predicted octanol–water partition coefficient (Wildman–Crippen LogP) is 2.34. The highest BCUT2D eigenvalue weighted by Gasteiger charge is 2.23. The molecule has 1 aromatic rings. The van der Waals surface area contributed by atoms with Gasteiger partial charge in [-0.15, -0.1) is 0 Å². The van der Waals surface area contributed by atoms with E-state index in [1.165, 1.54) is 0 Å². The molecule has 0 fully saturated rings. The summed E-state index contributed by atoms with van der Waals surface area (Å²) in [7, 11) is 0. The molecule has 18 heavy (non-hydrogen) atoms. The summed E-state index contributed by atoms with van der Waals surface area (Å²) in [5.74, 6) is 0.267. The van der Waals surface area contributed by atoms with Crippen LogP contribution in [0.3, 0.4) is 0 Å². The first kappa shape index (κ1) is 14.5. The van der Waals surface area contributed by atoms with Crippen molar-refractivity contribution in [2.75, 3.05) is 12.3 Å². The second-order valence-electron chi connectivity index (χ2n) is 4.91. The minimum Gasteiger partial charge on any atom is -0.382 e. The molecule has 5 heteroatoms. The first-order valence-electron chi connectivity index (χ1n) is 6.60. The quantitative estimate of drug-likeness (QED) is 0.763. The Balaban J connectivity index is 2.83. The van der Waals surface area contributed by atoms with Crippen LogP contribution in [0, 0.1) is 6.92 Å². The van der Waals surface area contributed by atoms with Gasteiger partial charge in [0, 0.05) is 18.3 Å². The van der Waals surface area contributed by atoms with Crippen molar-refractivity contribution < 1.29 is 4.79 Å². The van der Waals surface area contributed by atoms with E-state index in [1.807, 2.05) is 25.7 Å². The number of aryl methyl sites for hydroxylation is 1. The summed E-state index contributed by atoms with van der Waals surface area (Å²) in [6.45, 7) is 8.79. The second kappa shape index (κ2) is 6.42. The maximum absolute atomic E-state index is 12.5. The molecule has 0 aromatic carbocycles. The number of nitrogens with one attached hydrogen (secondary N) is 1. The average Bonchev–Trinajstić information content (AvgIpc) is 2.63. The van der Waals surface area contributed by atoms with Crippen LogP contribution in [0.25, 0.3) is 0 Å². The van der Waals surface area contributed by atoms with Gasteiger partial charge in [0.2, 0.25) is 0 Å². The van der Waals surface area contributed by atoms with Gasteiger partial charge in [0.1, 0.15) is 5.56 Å². The smallest absolute Gasteiger partial charge is 0.259 e. The molecule has 1 amide bonds. The predicted molar refractivity (Wildman–Crippen MR) is 73.4 cm³/mol. The van der Waals surface area contributed by atoms with Crippen LogP contribution < -0.4 is 5.73 Å². The molecule has 0 atom stereocenters. The van der Waals surface area contributed by atoms with Crippen molar-refractivity contribution in [2.45, 2.75) is 53.0 Å². The molecule has 102 valence electrons. The minimum atomic E-state index is -0.0233. The highest BCUT2D eigenvalue weighted by Crippen LogP contribution is 2.17. The lowest BCUT2D eigenvalue weighted by atomic mass is 10.1. The number of H-pyrrole nitrogens is 1. The molecule has 0 spiro atoms. The minimum absolute atomic E-state index is 0.0233. The van der Waals surface area contributed by atoms with Gasteiger partial charge < -0.3 is 10.6 Å². The molecule has 1 rings (SSSR count). The second-order valence-corrected chi connectivity index (χ2v) is 4.91. The number of nitrogens with zero attached hydrogens (tertiary/aromatic N) is 2. The lowest BCUT2D eigenvalue weighted by Crippen LogP contribution is -2.38. The number of carbonyl (C=O) groups excluding carboxylic acids is 1. The molecule has 0 radical (unpaired) electrons. The van der Waals surface area contributed by atoms with E-state index < -0.39 is 0 Å². The van der Waals surface area contributed by atoms with Crippen LogP contribution in [0.15, 0.2) is 0 Å². The van der Waals surface area contributed by atoms with Crippen LogP contribution in [0.4, 0.5) is 5.82 Å². The Bertz CT molecular complexity index is 378. The fraction of sp³-hybridized carbons (Fsp3) is 0.692. The molecule has 0 unspecified atom stereocenters. The highest BCUT2D eigenvalue weighted by atomic mass is 16.2. The van der Waals surface area contributed by atoms with Crippen molar-refractivity contribution in [3.63, 3.8) is 0 Å². The summed E-state index contributed by atoms with van der Waals surface area (Å²) in [6.07, 6.45) is 3.31. The van der Waals surface area contributed by atoms with Gasteiger partial charge in [-0.25, -0.2) is 0 Å². The zero-order valence-electron chi connectivity index (χ0n) is 11.8. The van der Waals surface area contributed by atoms with E-state index in [-0.39, 0.29) is 11.9 Å². The van der Waals surface area contributed by atoms with Crippen LogP contribution in [0.1, 0.15) is 56.1 Å². The van der Waals surface area contributed by atoms with E-state index in [0.717, 1.165) is 31.5 Å². The molecular formula is C13H24N4O. The van der Waals surface area contributed by atoms with Crippen molar-refractivity contribution in [3.05, 3.63) is 11.3 Å².